The fraction of sp³-hybridized carbons (Fsp3) is 0.647. The van der Waals surface area contributed by atoms with Gasteiger partial charge >= 0.3 is 0 Å². The summed E-state index contributed by atoms with van der Waals surface area (Å²) >= 11 is 0. The molecule has 0 amide bonds. The van der Waals surface area contributed by atoms with Gasteiger partial charge in [-0.2, -0.15) is 0 Å². The molecule has 1 N–H and O–H groups in total. The number of nitrogens with zero attached hydrogens (tertiary/aromatic N) is 1. The monoisotopic (exact) mass is 276 g/mol. The Morgan fingerprint density at radius 3 is 2.60 bits per heavy atom. The molecule has 1 aromatic carbocycles. The van der Waals surface area contributed by atoms with E-state index in [2.05, 4.69) is 56.1 Å². The molecule has 112 valence electrons. The van der Waals surface area contributed by atoms with Crippen LogP contribution >= 0.6 is 0 Å². The summed E-state index contributed by atoms with van der Waals surface area (Å²) in [6, 6.07) is 7.56. The first-order valence-electron chi connectivity index (χ1n) is 7.63. The quantitative estimate of drug-likeness (QED) is 0.915. The fourth-order valence-electron chi connectivity index (χ4n) is 2.89. The Labute approximate surface area is 123 Å². The maximum absolute atomic E-state index is 6.03. The molecule has 2 atom stereocenters. The van der Waals surface area contributed by atoms with Crippen LogP contribution < -0.4 is 5.32 Å². The molecular weight excluding hydrogens is 248 g/mol. The number of nitrogens with one attached hydrogen (secondary N) is 1. The van der Waals surface area contributed by atoms with Gasteiger partial charge in [-0.15, -0.1) is 0 Å². The van der Waals surface area contributed by atoms with Crippen molar-refractivity contribution in [3.8, 4) is 0 Å². The average Bonchev–Trinajstić information content (AvgIpc) is 2.44. The molecule has 2 unspecified atom stereocenters. The van der Waals surface area contributed by atoms with E-state index < -0.39 is 0 Å². The highest BCUT2D eigenvalue weighted by Crippen LogP contribution is 2.24. The van der Waals surface area contributed by atoms with E-state index in [1.54, 1.807) is 0 Å². The predicted molar refractivity (Wildman–Crippen MR) is 84.2 cm³/mol. The van der Waals surface area contributed by atoms with Gasteiger partial charge in [-0.25, -0.2) is 0 Å². The Kier molecular flexibility index (Phi) is 5.19. The summed E-state index contributed by atoms with van der Waals surface area (Å²) in [4.78, 5) is 2.50. The van der Waals surface area contributed by atoms with Gasteiger partial charge < -0.3 is 10.1 Å². The zero-order valence-electron chi connectivity index (χ0n) is 13.4. The smallest absolute Gasteiger partial charge is 0.0896 e. The molecular formula is C17H28N2O. The molecule has 3 nitrogen and oxygen atoms in total. The number of hydrogen-bond donors (Lipinski definition) is 1. The zero-order chi connectivity index (χ0) is 14.7. The van der Waals surface area contributed by atoms with Gasteiger partial charge in [0.2, 0.25) is 0 Å². The molecule has 1 heterocycles. The number of likely N-dealkylation sites (N-methyl/N-ethyl adjacent to an activating group) is 1. The molecule has 0 bridgehead atoms. The van der Waals surface area contributed by atoms with E-state index in [-0.39, 0.29) is 12.1 Å². The molecule has 3 heteroatoms. The van der Waals surface area contributed by atoms with Gasteiger partial charge in [-0.3, -0.25) is 4.90 Å². The summed E-state index contributed by atoms with van der Waals surface area (Å²) in [5, 5.41) is 3.44. The van der Waals surface area contributed by atoms with Crippen molar-refractivity contribution in [3.05, 3.63) is 34.9 Å². The van der Waals surface area contributed by atoms with Gasteiger partial charge in [0.05, 0.1) is 18.8 Å². The predicted octanol–water partition coefficient (Wildman–Crippen LogP) is 2.67. The van der Waals surface area contributed by atoms with E-state index >= 15 is 0 Å². The lowest BCUT2D eigenvalue weighted by Crippen LogP contribution is -2.49. The number of benzene rings is 1. The number of rotatable bonds is 4. The minimum Gasteiger partial charge on any atom is -0.374 e. The summed E-state index contributed by atoms with van der Waals surface area (Å²) in [7, 11) is 2.03. The van der Waals surface area contributed by atoms with E-state index in [0.29, 0.717) is 6.04 Å². The molecule has 1 aromatic rings. The Balaban J connectivity index is 2.16. The number of aryl methyl sites for hydroxylation is 2. The highest BCUT2D eigenvalue weighted by Gasteiger charge is 2.29. The van der Waals surface area contributed by atoms with Crippen molar-refractivity contribution in [1.82, 2.24) is 10.2 Å². The third-order valence-corrected chi connectivity index (χ3v) is 4.43. The Hall–Kier alpha value is -0.900. The van der Waals surface area contributed by atoms with Crippen LogP contribution in [0.15, 0.2) is 18.2 Å². The van der Waals surface area contributed by atoms with Crippen molar-refractivity contribution in [3.63, 3.8) is 0 Å². The van der Waals surface area contributed by atoms with Crippen LogP contribution in [0.25, 0.3) is 0 Å². The van der Waals surface area contributed by atoms with Crippen molar-refractivity contribution in [1.29, 1.82) is 0 Å². The van der Waals surface area contributed by atoms with E-state index in [1.807, 2.05) is 7.05 Å². The highest BCUT2D eigenvalue weighted by atomic mass is 16.5. The molecule has 0 spiro atoms. The standard InChI is InChI=1S/C17H28N2O/c1-12(2)19-8-9-20-16(11-19)17(18-5)15-7-6-13(3)14(4)10-15/h6-7,10,12,16-18H,8-9,11H2,1-5H3. The molecule has 0 aliphatic carbocycles. The van der Waals surface area contributed by atoms with Crippen LogP contribution in [0.4, 0.5) is 0 Å². The second kappa shape index (κ2) is 6.70. The number of hydrogen-bond acceptors (Lipinski definition) is 3. The lowest BCUT2D eigenvalue weighted by Gasteiger charge is -2.39. The summed E-state index contributed by atoms with van der Waals surface area (Å²) in [5.41, 5.74) is 4.02. The first kappa shape index (κ1) is 15.5. The zero-order valence-corrected chi connectivity index (χ0v) is 13.4. The first-order valence-corrected chi connectivity index (χ1v) is 7.63. The van der Waals surface area contributed by atoms with Crippen molar-refractivity contribution in [2.24, 2.45) is 0 Å². The van der Waals surface area contributed by atoms with E-state index in [9.17, 15) is 0 Å². The van der Waals surface area contributed by atoms with Gasteiger partial charge in [0, 0.05) is 19.1 Å². The highest BCUT2D eigenvalue weighted by molar-refractivity contribution is 5.32. The molecule has 0 radical (unpaired) electrons. The first-order chi connectivity index (χ1) is 9.52. The van der Waals surface area contributed by atoms with E-state index in [4.69, 9.17) is 4.74 Å². The van der Waals surface area contributed by atoms with Crippen LogP contribution in [0.5, 0.6) is 0 Å². The third-order valence-electron chi connectivity index (χ3n) is 4.43. The van der Waals surface area contributed by atoms with Crippen LogP contribution in [0.2, 0.25) is 0 Å². The fourth-order valence-corrected chi connectivity index (χ4v) is 2.89. The van der Waals surface area contributed by atoms with Crippen molar-refractivity contribution >= 4 is 0 Å². The van der Waals surface area contributed by atoms with Gasteiger partial charge in [-0.1, -0.05) is 18.2 Å². The molecule has 1 saturated heterocycles. The van der Waals surface area contributed by atoms with Crippen LogP contribution in [0, 0.1) is 13.8 Å². The second-order valence-corrected chi connectivity index (χ2v) is 6.11. The third kappa shape index (κ3) is 3.40. The summed E-state index contributed by atoms with van der Waals surface area (Å²) in [6.07, 6.45) is 0.221. The molecule has 0 aromatic heterocycles. The van der Waals surface area contributed by atoms with Gasteiger partial charge in [0.25, 0.3) is 0 Å². The van der Waals surface area contributed by atoms with E-state index in [1.165, 1.54) is 16.7 Å². The van der Waals surface area contributed by atoms with Crippen LogP contribution in [-0.4, -0.2) is 43.8 Å². The SMILES string of the molecule is CNC(c1ccc(C)c(C)c1)C1CN(C(C)C)CCO1. The largest absolute Gasteiger partial charge is 0.374 e. The maximum atomic E-state index is 6.03. The molecule has 0 saturated carbocycles. The molecule has 1 aliphatic rings. The molecule has 1 aliphatic heterocycles. The van der Waals surface area contributed by atoms with E-state index in [0.717, 1.165) is 19.7 Å². The lowest BCUT2D eigenvalue weighted by atomic mass is 9.96. The number of morpholine rings is 1. The Morgan fingerprint density at radius 2 is 2.00 bits per heavy atom. The van der Waals surface area contributed by atoms with Crippen LogP contribution in [0.3, 0.4) is 0 Å². The Morgan fingerprint density at radius 1 is 1.25 bits per heavy atom. The van der Waals surface area contributed by atoms with Gasteiger partial charge in [0.1, 0.15) is 0 Å². The normalized spacial score (nSPS) is 22.2. The van der Waals surface area contributed by atoms with Crippen LogP contribution in [0.1, 0.15) is 36.6 Å². The van der Waals surface area contributed by atoms with Crippen molar-refractivity contribution in [2.45, 2.75) is 45.9 Å². The second-order valence-electron chi connectivity index (χ2n) is 6.11. The summed E-state index contributed by atoms with van der Waals surface area (Å²) in [5.74, 6) is 0. The molecule has 1 fully saturated rings. The maximum Gasteiger partial charge on any atom is 0.0896 e. The van der Waals surface area contributed by atoms with Crippen molar-refractivity contribution in [2.75, 3.05) is 26.7 Å². The molecule has 20 heavy (non-hydrogen) atoms. The average molecular weight is 276 g/mol. The van der Waals surface area contributed by atoms with Gasteiger partial charge in [0.15, 0.2) is 0 Å². The van der Waals surface area contributed by atoms with Crippen LogP contribution in [-0.2, 0) is 4.74 Å². The lowest BCUT2D eigenvalue weighted by molar-refractivity contribution is -0.0550. The Bertz CT molecular complexity index is 445. The summed E-state index contributed by atoms with van der Waals surface area (Å²) < 4.78 is 6.03. The molecule has 2 rings (SSSR count). The minimum absolute atomic E-state index is 0.221. The topological polar surface area (TPSA) is 24.5 Å². The van der Waals surface area contributed by atoms with Crippen molar-refractivity contribution < 1.29 is 4.74 Å². The number of ether oxygens (including phenoxy) is 1. The minimum atomic E-state index is 0.221. The summed E-state index contributed by atoms with van der Waals surface area (Å²) in [6.45, 7) is 11.7. The van der Waals surface area contributed by atoms with Gasteiger partial charge in [-0.05, 0) is 51.4 Å².